The van der Waals surface area contributed by atoms with Gasteiger partial charge in [0.05, 0.1) is 0 Å². The van der Waals surface area contributed by atoms with Crippen molar-refractivity contribution in [3.8, 4) is 0 Å². The Balaban J connectivity index is 4.59. The van der Waals surface area contributed by atoms with Gasteiger partial charge in [-0.15, -0.1) is 0 Å². The summed E-state index contributed by atoms with van der Waals surface area (Å²) in [6.45, 7) is 19.5. The van der Waals surface area contributed by atoms with Crippen molar-refractivity contribution in [3.63, 3.8) is 0 Å². The molecule has 0 aliphatic carbocycles. The van der Waals surface area contributed by atoms with E-state index in [4.69, 9.17) is 8.23 Å². The number of hydrogen-bond acceptors (Lipinski definition) is 2. The third kappa shape index (κ3) is 8.39. The molecule has 0 unspecified atom stereocenters. The SMILES string of the molecule is [CH2]CC[Si](C)(O[Si](C)(C)C)O[Si](C)(C)C. The smallest absolute Gasteiger partial charge is 0.314 e. The van der Waals surface area contributed by atoms with Gasteiger partial charge in [-0.25, -0.2) is 0 Å². The third-order valence-electron chi connectivity index (χ3n) is 1.68. The van der Waals surface area contributed by atoms with Crippen molar-refractivity contribution in [2.45, 2.75) is 58.3 Å². The molecule has 0 spiro atoms. The molecule has 0 rings (SSSR count). The van der Waals surface area contributed by atoms with Crippen molar-refractivity contribution in [1.29, 1.82) is 0 Å². The fourth-order valence-electron chi connectivity index (χ4n) is 1.74. The molecule has 15 heavy (non-hydrogen) atoms. The zero-order chi connectivity index (χ0) is 12.3. The van der Waals surface area contributed by atoms with E-state index in [1.165, 1.54) is 0 Å². The number of hydrogen-bond donors (Lipinski definition) is 0. The highest BCUT2D eigenvalue weighted by Crippen LogP contribution is 2.24. The van der Waals surface area contributed by atoms with Gasteiger partial charge in [-0.2, -0.15) is 0 Å². The van der Waals surface area contributed by atoms with E-state index >= 15 is 0 Å². The van der Waals surface area contributed by atoms with Crippen molar-refractivity contribution in [3.05, 3.63) is 6.92 Å². The zero-order valence-corrected chi connectivity index (χ0v) is 14.4. The molecule has 2 nitrogen and oxygen atoms in total. The first-order valence-electron chi connectivity index (χ1n) is 5.67. The van der Waals surface area contributed by atoms with Gasteiger partial charge in [0.15, 0.2) is 16.6 Å². The molecule has 0 saturated heterocycles. The molecule has 0 bridgehead atoms. The molecule has 91 valence electrons. The second kappa shape index (κ2) is 5.27. The minimum Gasteiger partial charge on any atom is -0.437 e. The Kier molecular flexibility index (Phi) is 5.47. The third-order valence-corrected chi connectivity index (χ3v) is 11.3. The van der Waals surface area contributed by atoms with Crippen molar-refractivity contribution in [1.82, 2.24) is 0 Å². The van der Waals surface area contributed by atoms with Crippen LogP contribution in [-0.2, 0) is 8.23 Å². The molecule has 0 saturated carbocycles. The van der Waals surface area contributed by atoms with Crippen LogP contribution < -0.4 is 0 Å². The monoisotopic (exact) mass is 263 g/mol. The Morgan fingerprint density at radius 3 is 1.33 bits per heavy atom. The maximum absolute atomic E-state index is 6.29. The normalized spacial score (nSPS) is 14.4. The second-order valence-corrected chi connectivity index (χ2v) is 19.0. The minimum absolute atomic E-state index is 0.914. The average molecular weight is 264 g/mol. The van der Waals surface area contributed by atoms with E-state index in [1.807, 2.05) is 0 Å². The Morgan fingerprint density at radius 1 is 0.800 bits per heavy atom. The summed E-state index contributed by atoms with van der Waals surface area (Å²) in [5.74, 6) is 0. The summed E-state index contributed by atoms with van der Waals surface area (Å²) in [4.78, 5) is 0. The predicted molar refractivity (Wildman–Crippen MR) is 75.3 cm³/mol. The second-order valence-electron chi connectivity index (χ2n) is 6.17. The summed E-state index contributed by atoms with van der Waals surface area (Å²) in [5.41, 5.74) is 0. The average Bonchev–Trinajstić information content (AvgIpc) is 1.74. The molecule has 0 aromatic heterocycles. The molecule has 1 radical (unpaired) electrons. The highest BCUT2D eigenvalue weighted by molar-refractivity contribution is 6.87. The van der Waals surface area contributed by atoms with E-state index in [-0.39, 0.29) is 0 Å². The van der Waals surface area contributed by atoms with Crippen molar-refractivity contribution < 1.29 is 8.23 Å². The van der Waals surface area contributed by atoms with E-state index < -0.39 is 25.2 Å². The van der Waals surface area contributed by atoms with E-state index in [1.54, 1.807) is 0 Å². The quantitative estimate of drug-likeness (QED) is 0.675. The fraction of sp³-hybridized carbons (Fsp3) is 0.900. The number of rotatable bonds is 6. The lowest BCUT2D eigenvalue weighted by Gasteiger charge is -2.38. The summed E-state index contributed by atoms with van der Waals surface area (Å²) < 4.78 is 12.6. The molecular weight excluding hydrogens is 236 g/mol. The van der Waals surface area contributed by atoms with Gasteiger partial charge < -0.3 is 8.23 Å². The Labute approximate surface area is 98.9 Å². The van der Waals surface area contributed by atoms with Gasteiger partial charge >= 0.3 is 8.56 Å². The molecule has 0 aliphatic heterocycles. The topological polar surface area (TPSA) is 18.5 Å². The lowest BCUT2D eigenvalue weighted by Crippen LogP contribution is -2.52. The molecule has 0 fully saturated rings. The molecule has 0 amide bonds. The van der Waals surface area contributed by atoms with Gasteiger partial charge in [0.2, 0.25) is 0 Å². The highest BCUT2D eigenvalue weighted by Gasteiger charge is 2.39. The largest absolute Gasteiger partial charge is 0.437 e. The standard InChI is InChI=1S/C10H27O2Si3/c1-9-10-15(8,11-13(2,3)4)12-14(5,6)7/h1,9-10H2,2-8H3. The maximum Gasteiger partial charge on any atom is 0.314 e. The van der Waals surface area contributed by atoms with Gasteiger partial charge in [-0.3, -0.25) is 0 Å². The van der Waals surface area contributed by atoms with Gasteiger partial charge in [0, 0.05) is 0 Å². The summed E-state index contributed by atoms with van der Waals surface area (Å²) in [7, 11) is -4.96. The van der Waals surface area contributed by atoms with Crippen molar-refractivity contribution in [2.24, 2.45) is 0 Å². The van der Waals surface area contributed by atoms with Crippen LogP contribution in [0.15, 0.2) is 0 Å². The Morgan fingerprint density at radius 2 is 1.13 bits per heavy atom. The molecule has 0 heterocycles. The van der Waals surface area contributed by atoms with E-state index in [9.17, 15) is 0 Å². The van der Waals surface area contributed by atoms with Crippen LogP contribution in [0.25, 0.3) is 0 Å². The Hall–Kier alpha value is 0.571. The molecule has 0 aromatic rings. The summed E-state index contributed by atoms with van der Waals surface area (Å²) in [6.07, 6.45) is 0.914. The van der Waals surface area contributed by atoms with E-state index in [2.05, 4.69) is 52.8 Å². The molecule has 0 atom stereocenters. The van der Waals surface area contributed by atoms with Crippen molar-refractivity contribution in [2.75, 3.05) is 0 Å². The first-order valence-corrected chi connectivity index (χ1v) is 15.0. The van der Waals surface area contributed by atoms with Crippen LogP contribution in [0.4, 0.5) is 0 Å². The first kappa shape index (κ1) is 15.6. The van der Waals surface area contributed by atoms with Crippen LogP contribution >= 0.6 is 0 Å². The maximum atomic E-state index is 6.29. The lowest BCUT2D eigenvalue weighted by atomic mass is 10.6. The Bertz CT molecular complexity index is 178. The highest BCUT2D eigenvalue weighted by atomic mass is 28.5. The summed E-state index contributed by atoms with van der Waals surface area (Å²) >= 11 is 0. The minimum atomic E-state index is -1.96. The van der Waals surface area contributed by atoms with Gasteiger partial charge in [-0.1, -0.05) is 13.3 Å². The molecule has 0 aliphatic rings. The zero-order valence-electron chi connectivity index (χ0n) is 11.4. The van der Waals surface area contributed by atoms with Crippen LogP contribution in [0.5, 0.6) is 0 Å². The van der Waals surface area contributed by atoms with Gasteiger partial charge in [0.25, 0.3) is 0 Å². The molecule has 5 heteroatoms. The summed E-state index contributed by atoms with van der Waals surface area (Å²) in [5, 5.41) is 0. The molecule has 0 aromatic carbocycles. The van der Waals surface area contributed by atoms with Crippen LogP contribution in [0, 0.1) is 6.92 Å². The molecule has 0 N–H and O–H groups in total. The van der Waals surface area contributed by atoms with Crippen molar-refractivity contribution >= 4 is 25.2 Å². The van der Waals surface area contributed by atoms with Gasteiger partial charge in [0.1, 0.15) is 0 Å². The lowest BCUT2D eigenvalue weighted by molar-refractivity contribution is 0.384. The fourth-order valence-corrected chi connectivity index (χ4v) is 14.1. The van der Waals surface area contributed by atoms with E-state index in [0.717, 1.165) is 12.5 Å². The van der Waals surface area contributed by atoms with E-state index in [0.29, 0.717) is 0 Å². The van der Waals surface area contributed by atoms with Crippen LogP contribution in [0.1, 0.15) is 6.42 Å². The summed E-state index contributed by atoms with van der Waals surface area (Å²) in [6, 6.07) is 1.02. The van der Waals surface area contributed by atoms with Crippen LogP contribution in [0.2, 0.25) is 51.9 Å². The predicted octanol–water partition coefficient (Wildman–Crippen LogP) is 3.99. The first-order chi connectivity index (χ1) is 6.47. The van der Waals surface area contributed by atoms with Crippen LogP contribution in [0.3, 0.4) is 0 Å². The van der Waals surface area contributed by atoms with Gasteiger partial charge in [-0.05, 0) is 51.9 Å². The van der Waals surface area contributed by atoms with Crippen LogP contribution in [-0.4, -0.2) is 25.2 Å². The molecular formula is C10H27O2Si3.